The highest BCUT2D eigenvalue weighted by Crippen LogP contribution is 2.31. The fourth-order valence-corrected chi connectivity index (χ4v) is 2.86. The lowest BCUT2D eigenvalue weighted by atomic mass is 10.0. The lowest BCUT2D eigenvalue weighted by Gasteiger charge is -2.21. The van der Waals surface area contributed by atoms with Crippen molar-refractivity contribution in [2.45, 2.75) is 18.8 Å². The lowest BCUT2D eigenvalue weighted by molar-refractivity contribution is -0.137. The number of alkyl halides is 3. The van der Waals surface area contributed by atoms with Crippen molar-refractivity contribution in [2.75, 3.05) is 10.6 Å². The van der Waals surface area contributed by atoms with E-state index in [0.29, 0.717) is 16.8 Å². The van der Waals surface area contributed by atoms with Gasteiger partial charge in [-0.05, 0) is 41.5 Å². The highest BCUT2D eigenvalue weighted by atomic mass is 19.4. The maximum absolute atomic E-state index is 12.9. The summed E-state index contributed by atoms with van der Waals surface area (Å²) in [4.78, 5) is 12.9. The number of rotatable bonds is 6. The zero-order chi connectivity index (χ0) is 20.9. The molecule has 3 aromatic carbocycles. The summed E-state index contributed by atoms with van der Waals surface area (Å²) in [6.45, 7) is -0.151. The minimum Gasteiger partial charge on any atom is -0.392 e. The minimum absolute atomic E-state index is 0.0525. The van der Waals surface area contributed by atoms with Gasteiger partial charge in [-0.2, -0.15) is 13.2 Å². The molecule has 3 aromatic rings. The van der Waals surface area contributed by atoms with Crippen molar-refractivity contribution < 1.29 is 23.1 Å². The summed E-state index contributed by atoms with van der Waals surface area (Å²) in [5, 5.41) is 15.0. The monoisotopic (exact) mass is 400 g/mol. The zero-order valence-corrected chi connectivity index (χ0v) is 15.3. The average molecular weight is 400 g/mol. The fraction of sp³-hybridized carbons (Fsp3) is 0.136. The number of carbonyl (C=O) groups is 1. The summed E-state index contributed by atoms with van der Waals surface area (Å²) < 4.78 is 38.8. The van der Waals surface area contributed by atoms with Crippen molar-refractivity contribution in [3.63, 3.8) is 0 Å². The van der Waals surface area contributed by atoms with E-state index in [2.05, 4.69) is 10.6 Å². The second kappa shape index (κ2) is 8.79. The van der Waals surface area contributed by atoms with Crippen LogP contribution in [0.1, 0.15) is 22.7 Å². The van der Waals surface area contributed by atoms with Crippen molar-refractivity contribution in [2.24, 2.45) is 0 Å². The molecule has 3 rings (SSSR count). The SMILES string of the molecule is O=C(Nc1cccc(C(F)(F)F)c1)[C@@H](Nc1cccc(CO)c1)c1ccccc1. The third-order valence-corrected chi connectivity index (χ3v) is 4.27. The smallest absolute Gasteiger partial charge is 0.392 e. The van der Waals surface area contributed by atoms with Gasteiger partial charge < -0.3 is 15.7 Å². The fourth-order valence-electron chi connectivity index (χ4n) is 2.86. The van der Waals surface area contributed by atoms with Gasteiger partial charge in [0.1, 0.15) is 6.04 Å². The van der Waals surface area contributed by atoms with Crippen molar-refractivity contribution >= 4 is 17.3 Å². The standard InChI is InChI=1S/C22H19F3N2O2/c23-22(24,25)17-9-5-11-19(13-17)27-21(29)20(16-7-2-1-3-8-16)26-18-10-4-6-15(12-18)14-28/h1-13,20,26,28H,14H2,(H,27,29)/t20-/m0/s1. The molecule has 0 spiro atoms. The molecule has 3 N–H and O–H groups in total. The lowest BCUT2D eigenvalue weighted by Crippen LogP contribution is -2.27. The molecule has 1 atom stereocenters. The van der Waals surface area contributed by atoms with Crippen LogP contribution in [0, 0.1) is 0 Å². The molecule has 0 saturated heterocycles. The van der Waals surface area contributed by atoms with E-state index in [1.807, 2.05) is 0 Å². The summed E-state index contributed by atoms with van der Waals surface area (Å²) >= 11 is 0. The Bertz CT molecular complexity index is 975. The first kappa shape index (κ1) is 20.4. The van der Waals surface area contributed by atoms with Gasteiger partial charge >= 0.3 is 6.18 Å². The molecule has 0 heterocycles. The first-order chi connectivity index (χ1) is 13.9. The molecular weight excluding hydrogens is 381 g/mol. The number of aliphatic hydroxyl groups excluding tert-OH is 1. The largest absolute Gasteiger partial charge is 0.416 e. The molecule has 0 bridgehead atoms. The highest BCUT2D eigenvalue weighted by molar-refractivity contribution is 5.97. The molecule has 0 aliphatic carbocycles. The maximum atomic E-state index is 12.9. The van der Waals surface area contributed by atoms with Crippen LogP contribution in [0.15, 0.2) is 78.9 Å². The normalized spacial score (nSPS) is 12.3. The van der Waals surface area contributed by atoms with Crippen LogP contribution in [0.5, 0.6) is 0 Å². The second-order valence-corrected chi connectivity index (χ2v) is 6.41. The number of hydrogen-bond donors (Lipinski definition) is 3. The summed E-state index contributed by atoms with van der Waals surface area (Å²) in [6.07, 6.45) is -4.50. The van der Waals surface area contributed by atoms with Crippen LogP contribution < -0.4 is 10.6 Å². The molecule has 0 aliphatic heterocycles. The van der Waals surface area contributed by atoms with E-state index in [1.54, 1.807) is 54.6 Å². The molecule has 7 heteroatoms. The molecule has 0 unspecified atom stereocenters. The first-order valence-electron chi connectivity index (χ1n) is 8.86. The minimum atomic E-state index is -4.50. The number of amides is 1. The van der Waals surface area contributed by atoms with E-state index in [0.717, 1.165) is 12.1 Å². The Morgan fingerprint density at radius 2 is 1.59 bits per heavy atom. The molecule has 0 fully saturated rings. The van der Waals surface area contributed by atoms with Crippen LogP contribution in [0.4, 0.5) is 24.5 Å². The zero-order valence-electron chi connectivity index (χ0n) is 15.3. The van der Waals surface area contributed by atoms with Gasteiger partial charge in [-0.3, -0.25) is 4.79 Å². The van der Waals surface area contributed by atoms with Crippen LogP contribution >= 0.6 is 0 Å². The number of halogens is 3. The maximum Gasteiger partial charge on any atom is 0.416 e. The predicted octanol–water partition coefficient (Wildman–Crippen LogP) is 4.99. The average Bonchev–Trinajstić information content (AvgIpc) is 2.72. The van der Waals surface area contributed by atoms with E-state index in [-0.39, 0.29) is 12.3 Å². The molecule has 150 valence electrons. The van der Waals surface area contributed by atoms with Crippen molar-refractivity contribution in [1.82, 2.24) is 0 Å². The molecule has 29 heavy (non-hydrogen) atoms. The van der Waals surface area contributed by atoms with Crippen molar-refractivity contribution in [3.05, 3.63) is 95.6 Å². The van der Waals surface area contributed by atoms with Crippen LogP contribution in [-0.2, 0) is 17.6 Å². The number of carbonyl (C=O) groups excluding carboxylic acids is 1. The molecule has 0 saturated carbocycles. The molecule has 0 aliphatic rings. The third-order valence-electron chi connectivity index (χ3n) is 4.27. The topological polar surface area (TPSA) is 61.4 Å². The van der Waals surface area contributed by atoms with Gasteiger partial charge in [0.2, 0.25) is 0 Å². The Morgan fingerprint density at radius 1 is 0.897 bits per heavy atom. The van der Waals surface area contributed by atoms with Crippen molar-refractivity contribution in [3.8, 4) is 0 Å². The van der Waals surface area contributed by atoms with Gasteiger partial charge in [-0.15, -0.1) is 0 Å². The van der Waals surface area contributed by atoms with Crippen LogP contribution in [0.2, 0.25) is 0 Å². The van der Waals surface area contributed by atoms with Gasteiger partial charge in [0.25, 0.3) is 5.91 Å². The number of anilines is 2. The summed E-state index contributed by atoms with van der Waals surface area (Å²) in [7, 11) is 0. The Kier molecular flexibility index (Phi) is 6.19. The van der Waals surface area contributed by atoms with E-state index >= 15 is 0 Å². The Hall–Kier alpha value is -3.32. The predicted molar refractivity (Wildman–Crippen MR) is 105 cm³/mol. The molecule has 1 amide bonds. The quantitative estimate of drug-likeness (QED) is 0.546. The second-order valence-electron chi connectivity index (χ2n) is 6.41. The van der Waals surface area contributed by atoms with E-state index in [1.165, 1.54) is 12.1 Å². The summed E-state index contributed by atoms with van der Waals surface area (Å²) in [5.74, 6) is -0.509. The summed E-state index contributed by atoms with van der Waals surface area (Å²) in [6, 6.07) is 19.4. The first-order valence-corrected chi connectivity index (χ1v) is 8.86. The molecular formula is C22H19F3N2O2. The van der Waals surface area contributed by atoms with Gasteiger partial charge in [0.05, 0.1) is 12.2 Å². The van der Waals surface area contributed by atoms with Crippen molar-refractivity contribution in [1.29, 1.82) is 0 Å². The number of hydrogen-bond acceptors (Lipinski definition) is 3. The van der Waals surface area contributed by atoms with Crippen LogP contribution in [0.25, 0.3) is 0 Å². The third kappa shape index (κ3) is 5.36. The molecule has 0 radical (unpaired) electrons. The van der Waals surface area contributed by atoms with Crippen LogP contribution in [0.3, 0.4) is 0 Å². The Morgan fingerprint density at radius 3 is 2.28 bits per heavy atom. The highest BCUT2D eigenvalue weighted by Gasteiger charge is 2.30. The number of aliphatic hydroxyl groups is 1. The van der Waals surface area contributed by atoms with Crippen LogP contribution in [-0.4, -0.2) is 11.0 Å². The van der Waals surface area contributed by atoms with E-state index in [4.69, 9.17) is 0 Å². The van der Waals surface area contributed by atoms with Gasteiger partial charge in [0.15, 0.2) is 0 Å². The van der Waals surface area contributed by atoms with Gasteiger partial charge in [-0.25, -0.2) is 0 Å². The van der Waals surface area contributed by atoms with Gasteiger partial charge in [0, 0.05) is 11.4 Å². The van der Waals surface area contributed by atoms with E-state index < -0.39 is 23.7 Å². The Labute approximate surface area is 166 Å². The Balaban J connectivity index is 1.87. The number of nitrogens with one attached hydrogen (secondary N) is 2. The summed E-state index contributed by atoms with van der Waals surface area (Å²) in [5.41, 5.74) is 1.13. The number of benzene rings is 3. The van der Waals surface area contributed by atoms with E-state index in [9.17, 15) is 23.1 Å². The molecule has 0 aromatic heterocycles. The van der Waals surface area contributed by atoms with Gasteiger partial charge in [-0.1, -0.05) is 48.5 Å². The molecule has 4 nitrogen and oxygen atoms in total.